The lowest BCUT2D eigenvalue weighted by atomic mass is 10.1. The molecule has 0 spiro atoms. The van der Waals surface area contributed by atoms with Crippen molar-refractivity contribution < 1.29 is 14.6 Å². The third-order valence-corrected chi connectivity index (χ3v) is 3.68. The molecule has 1 aromatic rings. The van der Waals surface area contributed by atoms with Crippen LogP contribution in [0.1, 0.15) is 70.5 Å². The Labute approximate surface area is 129 Å². The van der Waals surface area contributed by atoms with Crippen LogP contribution in [0.25, 0.3) is 0 Å². The number of hydrogen-bond donors (Lipinski definition) is 1. The monoisotopic (exact) mass is 294 g/mol. The van der Waals surface area contributed by atoms with Crippen molar-refractivity contribution in [1.29, 1.82) is 0 Å². The van der Waals surface area contributed by atoms with Gasteiger partial charge in [0.2, 0.25) is 0 Å². The summed E-state index contributed by atoms with van der Waals surface area (Å²) in [7, 11) is 1.64. The van der Waals surface area contributed by atoms with Crippen molar-refractivity contribution in [3.05, 3.63) is 23.8 Å². The summed E-state index contributed by atoms with van der Waals surface area (Å²) in [6, 6.07) is 5.57. The van der Waals surface area contributed by atoms with Gasteiger partial charge in [-0.1, -0.05) is 45.4 Å². The van der Waals surface area contributed by atoms with E-state index in [1.807, 2.05) is 18.2 Å². The molecule has 0 bridgehead atoms. The molecular weight excluding hydrogens is 264 g/mol. The van der Waals surface area contributed by atoms with E-state index in [4.69, 9.17) is 9.47 Å². The van der Waals surface area contributed by atoms with Gasteiger partial charge in [0.25, 0.3) is 0 Å². The first-order valence-electron chi connectivity index (χ1n) is 8.17. The smallest absolute Gasteiger partial charge is 0.128 e. The molecule has 0 saturated carbocycles. The Hall–Kier alpha value is -1.22. The summed E-state index contributed by atoms with van der Waals surface area (Å²) >= 11 is 0. The van der Waals surface area contributed by atoms with E-state index in [0.717, 1.165) is 23.5 Å². The highest BCUT2D eigenvalue weighted by Crippen LogP contribution is 2.29. The van der Waals surface area contributed by atoms with Gasteiger partial charge >= 0.3 is 0 Å². The van der Waals surface area contributed by atoms with Gasteiger partial charge in [-0.25, -0.2) is 0 Å². The SMILES string of the molecule is CCCCCCCCCOc1cc(OC)ccc1[C@@H](C)O. The van der Waals surface area contributed by atoms with E-state index in [1.165, 1.54) is 38.5 Å². The molecule has 0 aliphatic heterocycles. The molecule has 3 nitrogen and oxygen atoms in total. The molecule has 120 valence electrons. The molecular formula is C18H30O3. The number of methoxy groups -OCH3 is 1. The van der Waals surface area contributed by atoms with E-state index >= 15 is 0 Å². The molecule has 0 aliphatic carbocycles. The van der Waals surface area contributed by atoms with Crippen LogP contribution in [0.4, 0.5) is 0 Å². The fourth-order valence-electron chi connectivity index (χ4n) is 2.35. The maximum atomic E-state index is 9.77. The van der Waals surface area contributed by atoms with E-state index in [-0.39, 0.29) is 0 Å². The maximum absolute atomic E-state index is 9.77. The van der Waals surface area contributed by atoms with E-state index < -0.39 is 6.10 Å². The molecule has 0 heterocycles. The normalized spacial score (nSPS) is 12.2. The Morgan fingerprint density at radius 2 is 1.71 bits per heavy atom. The lowest BCUT2D eigenvalue weighted by Crippen LogP contribution is -2.03. The Kier molecular flexibility index (Phi) is 8.91. The van der Waals surface area contributed by atoms with Crippen LogP contribution in [0.15, 0.2) is 18.2 Å². The summed E-state index contributed by atoms with van der Waals surface area (Å²) in [5.74, 6) is 1.49. The van der Waals surface area contributed by atoms with Gasteiger partial charge in [0, 0.05) is 11.6 Å². The Balaban J connectivity index is 2.33. The highest BCUT2D eigenvalue weighted by molar-refractivity contribution is 5.41. The number of ether oxygens (including phenoxy) is 2. The molecule has 0 aliphatic rings. The van der Waals surface area contributed by atoms with E-state index in [0.29, 0.717) is 6.61 Å². The second-order valence-electron chi connectivity index (χ2n) is 5.55. The third kappa shape index (κ3) is 6.85. The van der Waals surface area contributed by atoms with Gasteiger partial charge in [0.05, 0.1) is 19.8 Å². The number of aliphatic hydroxyl groups excluding tert-OH is 1. The van der Waals surface area contributed by atoms with Gasteiger partial charge < -0.3 is 14.6 Å². The van der Waals surface area contributed by atoms with Crippen molar-refractivity contribution in [2.45, 2.75) is 64.9 Å². The zero-order chi connectivity index (χ0) is 15.5. The zero-order valence-electron chi connectivity index (χ0n) is 13.7. The Morgan fingerprint density at radius 1 is 1.05 bits per heavy atom. The van der Waals surface area contributed by atoms with Crippen LogP contribution in [0.3, 0.4) is 0 Å². The molecule has 0 amide bonds. The first-order chi connectivity index (χ1) is 10.2. The number of aliphatic hydroxyl groups is 1. The minimum atomic E-state index is -0.528. The number of hydrogen-bond acceptors (Lipinski definition) is 3. The average molecular weight is 294 g/mol. The van der Waals surface area contributed by atoms with E-state index in [9.17, 15) is 5.11 Å². The van der Waals surface area contributed by atoms with Crippen molar-refractivity contribution in [1.82, 2.24) is 0 Å². The number of rotatable bonds is 11. The molecule has 1 rings (SSSR count). The van der Waals surface area contributed by atoms with Crippen molar-refractivity contribution in [3.63, 3.8) is 0 Å². The lowest BCUT2D eigenvalue weighted by molar-refractivity contribution is 0.190. The van der Waals surface area contributed by atoms with Crippen LogP contribution in [0.5, 0.6) is 11.5 Å². The molecule has 21 heavy (non-hydrogen) atoms. The van der Waals surface area contributed by atoms with Crippen LogP contribution in [0.2, 0.25) is 0 Å². The van der Waals surface area contributed by atoms with E-state index in [2.05, 4.69) is 6.92 Å². The topological polar surface area (TPSA) is 38.7 Å². The van der Waals surface area contributed by atoms with Gasteiger partial charge in [-0.05, 0) is 25.5 Å². The van der Waals surface area contributed by atoms with Crippen LogP contribution in [0, 0.1) is 0 Å². The molecule has 0 saturated heterocycles. The van der Waals surface area contributed by atoms with Crippen LogP contribution in [-0.2, 0) is 0 Å². The third-order valence-electron chi connectivity index (χ3n) is 3.68. The predicted octanol–water partition coefficient (Wildman–Crippen LogP) is 4.88. The molecule has 0 aromatic heterocycles. The van der Waals surface area contributed by atoms with Gasteiger partial charge in [-0.2, -0.15) is 0 Å². The zero-order valence-corrected chi connectivity index (χ0v) is 13.7. The Bertz CT molecular complexity index is 388. The fourth-order valence-corrected chi connectivity index (χ4v) is 2.35. The predicted molar refractivity (Wildman–Crippen MR) is 87.1 cm³/mol. The summed E-state index contributed by atoms with van der Waals surface area (Å²) in [5, 5.41) is 9.77. The molecule has 0 fully saturated rings. The van der Waals surface area contributed by atoms with Gasteiger partial charge in [0.15, 0.2) is 0 Å². The molecule has 3 heteroatoms. The first-order valence-corrected chi connectivity index (χ1v) is 8.17. The minimum Gasteiger partial charge on any atom is -0.497 e. The van der Waals surface area contributed by atoms with Gasteiger partial charge in [0.1, 0.15) is 11.5 Å². The largest absolute Gasteiger partial charge is 0.497 e. The average Bonchev–Trinajstić information content (AvgIpc) is 2.49. The Morgan fingerprint density at radius 3 is 2.33 bits per heavy atom. The lowest BCUT2D eigenvalue weighted by Gasteiger charge is -2.14. The summed E-state index contributed by atoms with van der Waals surface area (Å²) < 4.78 is 11.0. The van der Waals surface area contributed by atoms with Crippen molar-refractivity contribution >= 4 is 0 Å². The summed E-state index contributed by atoms with van der Waals surface area (Å²) in [5.41, 5.74) is 0.818. The fraction of sp³-hybridized carbons (Fsp3) is 0.667. The second-order valence-corrected chi connectivity index (χ2v) is 5.55. The minimum absolute atomic E-state index is 0.528. The molecule has 1 N–H and O–H groups in total. The summed E-state index contributed by atoms with van der Waals surface area (Å²) in [4.78, 5) is 0. The van der Waals surface area contributed by atoms with Crippen molar-refractivity contribution in [3.8, 4) is 11.5 Å². The summed E-state index contributed by atoms with van der Waals surface area (Å²) in [6.45, 7) is 4.69. The van der Waals surface area contributed by atoms with Gasteiger partial charge in [-0.3, -0.25) is 0 Å². The second kappa shape index (κ2) is 10.5. The first kappa shape index (κ1) is 17.8. The van der Waals surface area contributed by atoms with Crippen molar-refractivity contribution in [2.75, 3.05) is 13.7 Å². The number of unbranched alkanes of at least 4 members (excludes halogenated alkanes) is 6. The maximum Gasteiger partial charge on any atom is 0.128 e. The molecule has 1 atom stereocenters. The van der Waals surface area contributed by atoms with E-state index in [1.54, 1.807) is 14.0 Å². The highest BCUT2D eigenvalue weighted by Gasteiger charge is 2.10. The molecule has 1 aromatic carbocycles. The van der Waals surface area contributed by atoms with Crippen LogP contribution >= 0.6 is 0 Å². The molecule has 0 radical (unpaired) electrons. The summed E-state index contributed by atoms with van der Waals surface area (Å²) in [6.07, 6.45) is 8.33. The van der Waals surface area contributed by atoms with Crippen molar-refractivity contribution in [2.24, 2.45) is 0 Å². The quantitative estimate of drug-likeness (QED) is 0.591. The van der Waals surface area contributed by atoms with Gasteiger partial charge in [-0.15, -0.1) is 0 Å². The number of benzene rings is 1. The van der Waals surface area contributed by atoms with Crippen LogP contribution < -0.4 is 9.47 Å². The van der Waals surface area contributed by atoms with Crippen LogP contribution in [-0.4, -0.2) is 18.8 Å². The standard InChI is InChI=1S/C18H30O3/c1-4-5-6-7-8-9-10-13-21-18-14-16(20-3)11-12-17(18)15(2)19/h11-12,14-15,19H,4-10,13H2,1-3H3/t15-/m1/s1. The molecule has 0 unspecified atom stereocenters. The highest BCUT2D eigenvalue weighted by atomic mass is 16.5.